The molecule has 0 atom stereocenters. The van der Waals surface area contributed by atoms with E-state index in [4.69, 9.17) is 10.5 Å². The smallest absolute Gasteiger partial charge is 0.243 e. The van der Waals surface area contributed by atoms with Gasteiger partial charge in [0.05, 0.1) is 18.4 Å². The van der Waals surface area contributed by atoms with Crippen molar-refractivity contribution in [2.45, 2.75) is 31.1 Å². The third kappa shape index (κ3) is 5.42. The second-order valence-electron chi connectivity index (χ2n) is 7.64. The molecule has 1 aliphatic heterocycles. The van der Waals surface area contributed by atoms with E-state index in [0.717, 1.165) is 11.1 Å². The van der Waals surface area contributed by atoms with Gasteiger partial charge in [-0.2, -0.15) is 4.31 Å². The quantitative estimate of drug-likeness (QED) is 0.676. The van der Waals surface area contributed by atoms with Crippen molar-refractivity contribution in [2.75, 3.05) is 25.5 Å². The Morgan fingerprint density at radius 1 is 1.13 bits per heavy atom. The van der Waals surface area contributed by atoms with Crippen LogP contribution in [0, 0.1) is 12.8 Å². The molecule has 2 aromatic carbocycles. The number of nitrogens with two attached hydrogens (primary N) is 1. The van der Waals surface area contributed by atoms with E-state index in [0.29, 0.717) is 24.3 Å². The second-order valence-corrected chi connectivity index (χ2v) is 9.58. The molecule has 3 rings (SSSR count). The van der Waals surface area contributed by atoms with E-state index in [1.165, 1.54) is 4.31 Å². The molecule has 1 saturated heterocycles. The third-order valence-electron chi connectivity index (χ3n) is 5.43. The number of carbonyl (C=O) groups excluding carboxylic acids is 2. The molecule has 1 heterocycles. The highest BCUT2D eigenvalue weighted by Gasteiger charge is 2.32. The topological polar surface area (TPSA) is 119 Å². The normalized spacial score (nSPS) is 15.4. The number of piperidine rings is 1. The summed E-state index contributed by atoms with van der Waals surface area (Å²) in [7, 11) is -2.08. The summed E-state index contributed by atoms with van der Waals surface area (Å²) in [6.45, 7) is 2.36. The Labute approximate surface area is 182 Å². The number of rotatable bonds is 7. The maximum atomic E-state index is 13.0. The van der Waals surface area contributed by atoms with Crippen molar-refractivity contribution < 1.29 is 22.7 Å². The first-order chi connectivity index (χ1) is 14.7. The van der Waals surface area contributed by atoms with Gasteiger partial charge in [-0.3, -0.25) is 9.59 Å². The number of hydrogen-bond donors (Lipinski definition) is 2. The molecule has 0 saturated carbocycles. The van der Waals surface area contributed by atoms with Crippen LogP contribution in [0.15, 0.2) is 47.4 Å². The van der Waals surface area contributed by atoms with E-state index in [9.17, 15) is 18.0 Å². The van der Waals surface area contributed by atoms with Gasteiger partial charge in [0, 0.05) is 24.7 Å². The first-order valence-corrected chi connectivity index (χ1v) is 11.5. The summed E-state index contributed by atoms with van der Waals surface area (Å²) in [4.78, 5) is 23.8. The average molecular weight is 446 g/mol. The summed E-state index contributed by atoms with van der Waals surface area (Å²) in [5.41, 5.74) is 7.33. The van der Waals surface area contributed by atoms with Gasteiger partial charge in [-0.1, -0.05) is 12.1 Å². The summed E-state index contributed by atoms with van der Waals surface area (Å²) in [5, 5.41) is 2.86. The molecule has 31 heavy (non-hydrogen) atoms. The minimum Gasteiger partial charge on any atom is -0.496 e. The van der Waals surface area contributed by atoms with Crippen LogP contribution in [0.3, 0.4) is 0 Å². The van der Waals surface area contributed by atoms with E-state index in [1.807, 2.05) is 0 Å². The molecule has 2 amide bonds. The zero-order valence-corrected chi connectivity index (χ0v) is 18.4. The Morgan fingerprint density at radius 3 is 2.32 bits per heavy atom. The molecule has 1 fully saturated rings. The largest absolute Gasteiger partial charge is 0.496 e. The predicted molar refractivity (Wildman–Crippen MR) is 117 cm³/mol. The lowest BCUT2D eigenvalue weighted by Crippen LogP contribution is -2.41. The van der Waals surface area contributed by atoms with E-state index < -0.39 is 15.9 Å². The Bertz CT molecular complexity index is 1060. The summed E-state index contributed by atoms with van der Waals surface area (Å²) in [6.07, 6.45) is 1.04. The van der Waals surface area contributed by atoms with Gasteiger partial charge in [-0.25, -0.2) is 8.42 Å². The fourth-order valence-corrected chi connectivity index (χ4v) is 5.23. The van der Waals surface area contributed by atoms with Crippen LogP contribution in [0.5, 0.6) is 5.75 Å². The van der Waals surface area contributed by atoms with Gasteiger partial charge < -0.3 is 15.8 Å². The van der Waals surface area contributed by atoms with Crippen LogP contribution in [0.25, 0.3) is 0 Å². The monoisotopic (exact) mass is 445 g/mol. The molecule has 1 aliphatic rings. The molecular weight excluding hydrogens is 418 g/mol. The number of nitrogens with one attached hydrogen (secondary N) is 1. The number of ether oxygens (including phenoxy) is 1. The summed E-state index contributed by atoms with van der Waals surface area (Å²) in [6, 6.07) is 11.7. The van der Waals surface area contributed by atoms with Crippen molar-refractivity contribution in [1.82, 2.24) is 4.31 Å². The van der Waals surface area contributed by atoms with Crippen molar-refractivity contribution >= 4 is 27.5 Å². The van der Waals surface area contributed by atoms with Crippen LogP contribution in [-0.2, 0) is 26.0 Å². The molecule has 0 aromatic heterocycles. The lowest BCUT2D eigenvalue weighted by Gasteiger charge is -2.30. The Balaban J connectivity index is 1.59. The molecule has 0 radical (unpaired) electrons. The van der Waals surface area contributed by atoms with Gasteiger partial charge in [-0.15, -0.1) is 0 Å². The van der Waals surface area contributed by atoms with Crippen molar-refractivity contribution in [1.29, 1.82) is 0 Å². The lowest BCUT2D eigenvalue weighted by molar-refractivity contribution is -0.121. The molecule has 166 valence electrons. The number of aryl methyl sites for hydroxylation is 1. The first kappa shape index (κ1) is 22.8. The molecular formula is C22H27N3O5S. The standard InChI is InChI=1S/C22H27N3O5S/c1-15-13-19(7-8-20(15)30-2)31(28,29)25-11-9-17(10-12-25)22(27)24-18-5-3-16(4-6-18)14-21(23)26/h3-8,13,17H,9-12,14H2,1-2H3,(H2,23,26)(H,24,27). The predicted octanol–water partition coefficient (Wildman–Crippen LogP) is 2.07. The van der Waals surface area contributed by atoms with Crippen LogP contribution >= 0.6 is 0 Å². The number of hydrogen-bond acceptors (Lipinski definition) is 5. The third-order valence-corrected chi connectivity index (χ3v) is 7.32. The van der Waals surface area contributed by atoms with Crippen LogP contribution < -0.4 is 15.8 Å². The van der Waals surface area contributed by atoms with Crippen molar-refractivity contribution in [3.8, 4) is 5.75 Å². The number of carbonyl (C=O) groups is 2. The van der Waals surface area contributed by atoms with Gasteiger partial charge >= 0.3 is 0 Å². The summed E-state index contributed by atoms with van der Waals surface area (Å²) in [5.74, 6) is -0.186. The fourth-order valence-electron chi connectivity index (χ4n) is 3.67. The number of anilines is 1. The van der Waals surface area contributed by atoms with Crippen molar-refractivity contribution in [3.63, 3.8) is 0 Å². The van der Waals surface area contributed by atoms with E-state index in [1.54, 1.807) is 56.5 Å². The zero-order chi connectivity index (χ0) is 22.6. The van der Waals surface area contributed by atoms with E-state index in [2.05, 4.69) is 5.32 Å². The van der Waals surface area contributed by atoms with Crippen LogP contribution in [0.4, 0.5) is 5.69 Å². The van der Waals surface area contributed by atoms with E-state index >= 15 is 0 Å². The SMILES string of the molecule is COc1ccc(S(=O)(=O)N2CCC(C(=O)Nc3ccc(CC(N)=O)cc3)CC2)cc1C. The highest BCUT2D eigenvalue weighted by molar-refractivity contribution is 7.89. The minimum atomic E-state index is -3.62. The first-order valence-electron chi connectivity index (χ1n) is 10.0. The number of nitrogens with zero attached hydrogens (tertiary/aromatic N) is 1. The molecule has 2 aromatic rings. The van der Waals surface area contributed by atoms with Gasteiger partial charge in [0.15, 0.2) is 0 Å². The van der Waals surface area contributed by atoms with Crippen LogP contribution in [0.1, 0.15) is 24.0 Å². The number of primary amides is 1. The number of benzene rings is 2. The van der Waals surface area contributed by atoms with Crippen molar-refractivity contribution in [3.05, 3.63) is 53.6 Å². The number of amides is 2. The number of sulfonamides is 1. The molecule has 0 spiro atoms. The lowest BCUT2D eigenvalue weighted by atomic mass is 9.97. The van der Waals surface area contributed by atoms with Gasteiger partial charge in [0.2, 0.25) is 21.8 Å². The minimum absolute atomic E-state index is 0.139. The number of methoxy groups -OCH3 is 1. The molecule has 0 bridgehead atoms. The fraction of sp³-hybridized carbons (Fsp3) is 0.364. The second kappa shape index (κ2) is 9.49. The van der Waals surface area contributed by atoms with Crippen LogP contribution in [-0.4, -0.2) is 44.7 Å². The molecule has 0 aliphatic carbocycles. The Morgan fingerprint density at radius 2 is 1.77 bits per heavy atom. The van der Waals surface area contributed by atoms with Crippen LogP contribution in [0.2, 0.25) is 0 Å². The zero-order valence-electron chi connectivity index (χ0n) is 17.6. The molecule has 3 N–H and O–H groups in total. The van der Waals surface area contributed by atoms with Gasteiger partial charge in [0.1, 0.15) is 5.75 Å². The highest BCUT2D eigenvalue weighted by atomic mass is 32.2. The maximum Gasteiger partial charge on any atom is 0.243 e. The molecule has 0 unspecified atom stereocenters. The average Bonchev–Trinajstić information content (AvgIpc) is 2.74. The van der Waals surface area contributed by atoms with E-state index in [-0.39, 0.29) is 36.2 Å². The Kier molecular flexibility index (Phi) is 6.97. The highest BCUT2D eigenvalue weighted by Crippen LogP contribution is 2.27. The van der Waals surface area contributed by atoms with Gasteiger partial charge in [-0.05, 0) is 61.2 Å². The summed E-state index contributed by atoms with van der Waals surface area (Å²) >= 11 is 0. The van der Waals surface area contributed by atoms with Gasteiger partial charge in [0.25, 0.3) is 0 Å². The molecule has 8 nitrogen and oxygen atoms in total. The van der Waals surface area contributed by atoms with Crippen molar-refractivity contribution in [2.24, 2.45) is 11.7 Å². The maximum absolute atomic E-state index is 13.0. The molecule has 9 heteroatoms. The summed E-state index contributed by atoms with van der Waals surface area (Å²) < 4.78 is 32.6. The Hall–Kier alpha value is -2.91.